The molecule has 1 aliphatic rings. The van der Waals surface area contributed by atoms with Crippen molar-refractivity contribution in [3.05, 3.63) is 54.0 Å². The van der Waals surface area contributed by atoms with Gasteiger partial charge in [0.15, 0.2) is 0 Å². The van der Waals surface area contributed by atoms with E-state index in [1.165, 1.54) is 0 Å². The molecule has 3 rings (SSSR count). The fourth-order valence-electron chi connectivity index (χ4n) is 2.41. The lowest BCUT2D eigenvalue weighted by Gasteiger charge is -2.32. The predicted molar refractivity (Wildman–Crippen MR) is 89.4 cm³/mol. The summed E-state index contributed by atoms with van der Waals surface area (Å²) in [5, 5.41) is 0. The van der Waals surface area contributed by atoms with E-state index in [0.717, 1.165) is 16.8 Å². The number of hydrogen-bond acceptors (Lipinski definition) is 4. The highest BCUT2D eigenvalue weighted by atomic mass is 16.7. The van der Waals surface area contributed by atoms with Crippen molar-refractivity contribution in [1.82, 2.24) is 0 Å². The largest absolute Gasteiger partial charge is 0.494 e. The zero-order valence-corrected chi connectivity index (χ0v) is 14.2. The van der Waals surface area contributed by atoms with Gasteiger partial charge in [0.25, 0.3) is 0 Å². The average molecular weight is 314 g/mol. The summed E-state index contributed by atoms with van der Waals surface area (Å²) < 4.78 is 23.0. The van der Waals surface area contributed by atoms with Gasteiger partial charge < -0.3 is 18.5 Å². The van der Waals surface area contributed by atoms with Gasteiger partial charge in [-0.05, 0) is 50.9 Å². The highest BCUT2D eigenvalue weighted by Gasteiger charge is 2.51. The van der Waals surface area contributed by atoms with Gasteiger partial charge in [-0.3, -0.25) is 0 Å². The molecule has 0 atom stereocenters. The van der Waals surface area contributed by atoms with Crippen molar-refractivity contribution < 1.29 is 18.5 Å². The van der Waals surface area contributed by atoms with Crippen LogP contribution in [0.2, 0.25) is 0 Å². The lowest BCUT2D eigenvalue weighted by atomic mass is 9.79. The van der Waals surface area contributed by atoms with Gasteiger partial charge in [0, 0.05) is 0 Å². The molecule has 0 spiro atoms. The normalized spacial score (nSPS) is 19.2. The van der Waals surface area contributed by atoms with Crippen LogP contribution < -0.4 is 5.46 Å². The Balaban J connectivity index is 1.57. The minimum atomic E-state index is -0.321. The second kappa shape index (κ2) is 6.15. The molecule has 1 fully saturated rings. The maximum absolute atomic E-state index is 6.05. The second-order valence-corrected chi connectivity index (χ2v) is 6.90. The molecule has 0 radical (unpaired) electrons. The predicted octanol–water partition coefficient (Wildman–Crippen LogP) is 3.30. The third kappa shape index (κ3) is 3.52. The summed E-state index contributed by atoms with van der Waals surface area (Å²) in [6, 6.07) is 11.9. The Bertz CT molecular complexity index is 616. The lowest BCUT2D eigenvalue weighted by molar-refractivity contribution is 0.00578. The van der Waals surface area contributed by atoms with Crippen LogP contribution in [0, 0.1) is 0 Å². The molecule has 0 aliphatic carbocycles. The Morgan fingerprint density at radius 3 is 2.13 bits per heavy atom. The molecule has 4 nitrogen and oxygen atoms in total. The van der Waals surface area contributed by atoms with Crippen molar-refractivity contribution in [1.29, 1.82) is 0 Å². The second-order valence-electron chi connectivity index (χ2n) is 6.90. The van der Waals surface area contributed by atoms with Gasteiger partial charge in [-0.15, -0.1) is 0 Å². The molecule has 1 saturated heterocycles. The average Bonchev–Trinajstić information content (AvgIpc) is 3.06. The minimum absolute atomic E-state index is 0.317. The van der Waals surface area contributed by atoms with Crippen LogP contribution in [0.5, 0.6) is 0 Å². The van der Waals surface area contributed by atoms with Gasteiger partial charge in [-0.1, -0.05) is 24.3 Å². The van der Waals surface area contributed by atoms with Gasteiger partial charge in [-0.2, -0.15) is 0 Å². The van der Waals surface area contributed by atoms with Crippen LogP contribution in [-0.4, -0.2) is 18.3 Å². The molecule has 2 heterocycles. The smallest absolute Gasteiger partial charge is 0.467 e. The van der Waals surface area contributed by atoms with Crippen molar-refractivity contribution in [2.24, 2.45) is 0 Å². The van der Waals surface area contributed by atoms with Crippen molar-refractivity contribution >= 4 is 12.6 Å². The fourth-order valence-corrected chi connectivity index (χ4v) is 2.41. The fraction of sp³-hybridized carbons (Fsp3) is 0.444. The van der Waals surface area contributed by atoms with Gasteiger partial charge in [-0.25, -0.2) is 0 Å². The van der Waals surface area contributed by atoms with Gasteiger partial charge in [0.2, 0.25) is 0 Å². The first-order valence-electron chi connectivity index (χ1n) is 7.92. The molecule has 122 valence electrons. The standard InChI is InChI=1S/C18H23BO4/c1-17(2)18(3,4)23-19(22-17)15-9-7-14(8-10-15)12-20-13-16-6-5-11-21-16/h5-11H,12-13H2,1-4H3. The third-order valence-corrected chi connectivity index (χ3v) is 4.60. The lowest BCUT2D eigenvalue weighted by Crippen LogP contribution is -2.41. The molecular weight excluding hydrogens is 291 g/mol. The quantitative estimate of drug-likeness (QED) is 0.794. The highest BCUT2D eigenvalue weighted by Crippen LogP contribution is 2.36. The van der Waals surface area contributed by atoms with Crippen LogP contribution in [-0.2, 0) is 27.3 Å². The van der Waals surface area contributed by atoms with Crippen LogP contribution in [0.4, 0.5) is 0 Å². The van der Waals surface area contributed by atoms with E-state index in [1.807, 2.05) is 36.4 Å². The Morgan fingerprint density at radius 1 is 0.913 bits per heavy atom. The molecule has 5 heteroatoms. The Labute approximate surface area is 137 Å². The van der Waals surface area contributed by atoms with Crippen LogP contribution in [0.3, 0.4) is 0 Å². The molecule has 1 aliphatic heterocycles. The number of rotatable bonds is 5. The molecule has 0 saturated carbocycles. The minimum Gasteiger partial charge on any atom is -0.467 e. The number of furan rings is 1. The maximum atomic E-state index is 6.05. The monoisotopic (exact) mass is 314 g/mol. The van der Waals surface area contributed by atoms with Crippen molar-refractivity contribution in [3.8, 4) is 0 Å². The number of benzene rings is 1. The summed E-state index contributed by atoms with van der Waals surface area (Å²) in [4.78, 5) is 0. The third-order valence-electron chi connectivity index (χ3n) is 4.60. The van der Waals surface area contributed by atoms with Crippen LogP contribution in [0.1, 0.15) is 39.0 Å². The summed E-state index contributed by atoms with van der Waals surface area (Å²) in [5.74, 6) is 0.832. The Hall–Kier alpha value is -1.56. The van der Waals surface area contributed by atoms with Gasteiger partial charge in [0.1, 0.15) is 12.4 Å². The van der Waals surface area contributed by atoms with Crippen LogP contribution >= 0.6 is 0 Å². The highest BCUT2D eigenvalue weighted by molar-refractivity contribution is 6.62. The van der Waals surface area contributed by atoms with Gasteiger partial charge in [0.05, 0.1) is 24.1 Å². The summed E-state index contributed by atoms with van der Waals surface area (Å²) >= 11 is 0. The first-order chi connectivity index (χ1) is 10.9. The summed E-state index contributed by atoms with van der Waals surface area (Å²) in [7, 11) is -0.321. The van der Waals surface area contributed by atoms with E-state index >= 15 is 0 Å². The molecule has 0 amide bonds. The first kappa shape index (κ1) is 16.3. The van der Waals surface area contributed by atoms with Crippen molar-refractivity contribution in [2.75, 3.05) is 0 Å². The van der Waals surface area contributed by atoms with E-state index in [9.17, 15) is 0 Å². The molecule has 0 unspecified atom stereocenters. The van der Waals surface area contributed by atoms with Crippen molar-refractivity contribution in [2.45, 2.75) is 52.1 Å². The number of hydrogen-bond donors (Lipinski definition) is 0. The zero-order chi connectivity index (χ0) is 16.5. The Kier molecular flexibility index (Phi) is 4.36. The summed E-state index contributed by atoms with van der Waals surface area (Å²) in [5.41, 5.74) is 1.50. The van der Waals surface area contributed by atoms with E-state index in [1.54, 1.807) is 6.26 Å². The molecule has 2 aromatic rings. The van der Waals surface area contributed by atoms with Crippen LogP contribution in [0.25, 0.3) is 0 Å². The molecule has 23 heavy (non-hydrogen) atoms. The molecule has 0 bridgehead atoms. The van der Waals surface area contributed by atoms with Crippen LogP contribution in [0.15, 0.2) is 47.1 Å². The topological polar surface area (TPSA) is 40.8 Å². The summed E-state index contributed by atoms with van der Waals surface area (Å²) in [6.45, 7) is 9.26. The first-order valence-corrected chi connectivity index (χ1v) is 7.92. The SMILES string of the molecule is CC1(C)OB(c2ccc(COCc3ccco3)cc2)OC1(C)C. The Morgan fingerprint density at radius 2 is 1.57 bits per heavy atom. The molecular formula is C18H23BO4. The van der Waals surface area contributed by atoms with E-state index < -0.39 is 0 Å². The van der Waals surface area contributed by atoms with E-state index in [2.05, 4.69) is 27.7 Å². The van der Waals surface area contributed by atoms with Gasteiger partial charge >= 0.3 is 7.12 Å². The zero-order valence-electron chi connectivity index (χ0n) is 14.2. The van der Waals surface area contributed by atoms with E-state index in [4.69, 9.17) is 18.5 Å². The van der Waals surface area contributed by atoms with E-state index in [0.29, 0.717) is 13.2 Å². The van der Waals surface area contributed by atoms with E-state index in [-0.39, 0.29) is 18.3 Å². The summed E-state index contributed by atoms with van der Waals surface area (Å²) in [6.07, 6.45) is 1.65. The van der Waals surface area contributed by atoms with Crippen molar-refractivity contribution in [3.63, 3.8) is 0 Å². The molecule has 0 N–H and O–H groups in total. The molecule has 1 aromatic carbocycles. The maximum Gasteiger partial charge on any atom is 0.494 e. The number of ether oxygens (including phenoxy) is 1. The molecule has 1 aromatic heterocycles.